The van der Waals surface area contributed by atoms with Gasteiger partial charge in [0.25, 0.3) is 0 Å². The molecule has 0 amide bonds. The third-order valence-electron chi connectivity index (χ3n) is 7.11. The number of benzene rings is 1. The quantitative estimate of drug-likeness (QED) is 0.682. The van der Waals surface area contributed by atoms with Crippen LogP contribution in [0.3, 0.4) is 0 Å². The largest absolute Gasteiger partial charge is 0.385 e. The van der Waals surface area contributed by atoms with Crippen LogP contribution >= 0.6 is 0 Å². The molecule has 1 aromatic carbocycles. The molecule has 3 aliphatic rings. The van der Waals surface area contributed by atoms with E-state index in [4.69, 9.17) is 4.74 Å². The zero-order valence-electron chi connectivity index (χ0n) is 16.5. The number of hydrogen-bond donors (Lipinski definition) is 0. The van der Waals surface area contributed by atoms with Crippen molar-refractivity contribution in [3.05, 3.63) is 35.9 Å². The maximum atomic E-state index is 5.30. The van der Waals surface area contributed by atoms with Crippen LogP contribution in [0.5, 0.6) is 0 Å². The summed E-state index contributed by atoms with van der Waals surface area (Å²) in [6.07, 6.45) is 9.55. The van der Waals surface area contributed by atoms with Crippen molar-refractivity contribution in [1.82, 2.24) is 9.80 Å². The summed E-state index contributed by atoms with van der Waals surface area (Å²) in [5.74, 6) is 1.78. The first-order chi connectivity index (χ1) is 12.9. The Hall–Kier alpha value is -0.900. The fourth-order valence-electron chi connectivity index (χ4n) is 6.08. The van der Waals surface area contributed by atoms with Gasteiger partial charge in [-0.05, 0) is 75.4 Å². The minimum Gasteiger partial charge on any atom is -0.385 e. The molecule has 3 heteroatoms. The number of likely N-dealkylation sites (tertiary alicyclic amines) is 1. The Kier molecular flexibility index (Phi) is 6.29. The van der Waals surface area contributed by atoms with E-state index in [2.05, 4.69) is 40.1 Å². The molecule has 3 fully saturated rings. The molecule has 3 nitrogen and oxygen atoms in total. The highest BCUT2D eigenvalue weighted by Crippen LogP contribution is 2.43. The summed E-state index contributed by atoms with van der Waals surface area (Å²) in [5.41, 5.74) is 1.48. The molecule has 144 valence electrons. The molecule has 0 aromatic heterocycles. The molecule has 3 heterocycles. The Balaban J connectivity index is 1.51. The van der Waals surface area contributed by atoms with Gasteiger partial charge in [-0.2, -0.15) is 0 Å². The number of rotatable bonds is 7. The van der Waals surface area contributed by atoms with E-state index in [0.29, 0.717) is 0 Å². The third kappa shape index (κ3) is 4.00. The fraction of sp³-hybridized carbons (Fsp3) is 0.739. The number of methoxy groups -OCH3 is 1. The molecule has 0 spiro atoms. The SMILES string of the molecule is COCCCC[C@@H]1[C@H]2CCCN3CCC[C@H](CN1Cc1ccccc1)[C@@H]23. The predicted molar refractivity (Wildman–Crippen MR) is 107 cm³/mol. The lowest BCUT2D eigenvalue weighted by atomic mass is 9.69. The van der Waals surface area contributed by atoms with Crippen molar-refractivity contribution < 1.29 is 4.74 Å². The van der Waals surface area contributed by atoms with Crippen LogP contribution < -0.4 is 0 Å². The summed E-state index contributed by atoms with van der Waals surface area (Å²) >= 11 is 0. The molecule has 3 saturated heterocycles. The van der Waals surface area contributed by atoms with Crippen molar-refractivity contribution in [2.45, 2.75) is 63.6 Å². The molecule has 1 aromatic rings. The molecule has 4 atom stereocenters. The van der Waals surface area contributed by atoms with E-state index in [-0.39, 0.29) is 0 Å². The van der Waals surface area contributed by atoms with Gasteiger partial charge >= 0.3 is 0 Å². The van der Waals surface area contributed by atoms with Crippen molar-refractivity contribution in [2.24, 2.45) is 11.8 Å². The third-order valence-corrected chi connectivity index (χ3v) is 7.11. The molecule has 0 N–H and O–H groups in total. The second kappa shape index (κ2) is 8.86. The molecule has 0 unspecified atom stereocenters. The maximum Gasteiger partial charge on any atom is 0.0462 e. The lowest BCUT2D eigenvalue weighted by Gasteiger charge is -2.57. The molecular formula is C23H36N2O. The first-order valence-corrected chi connectivity index (χ1v) is 10.9. The fourth-order valence-corrected chi connectivity index (χ4v) is 6.08. The van der Waals surface area contributed by atoms with Gasteiger partial charge in [0.05, 0.1) is 0 Å². The second-order valence-corrected chi connectivity index (χ2v) is 8.71. The van der Waals surface area contributed by atoms with Crippen LogP contribution in [0.25, 0.3) is 0 Å². The van der Waals surface area contributed by atoms with Crippen LogP contribution in [0, 0.1) is 11.8 Å². The van der Waals surface area contributed by atoms with Gasteiger partial charge < -0.3 is 4.74 Å². The summed E-state index contributed by atoms with van der Waals surface area (Å²) in [4.78, 5) is 5.73. The number of piperidine rings is 3. The minimum atomic E-state index is 0.759. The first-order valence-electron chi connectivity index (χ1n) is 10.9. The molecule has 0 bridgehead atoms. The highest BCUT2D eigenvalue weighted by Gasteiger charge is 2.47. The van der Waals surface area contributed by atoms with Gasteiger partial charge in [0.1, 0.15) is 0 Å². The molecular weight excluding hydrogens is 320 g/mol. The van der Waals surface area contributed by atoms with Gasteiger partial charge in [0.15, 0.2) is 0 Å². The highest BCUT2D eigenvalue weighted by molar-refractivity contribution is 5.15. The van der Waals surface area contributed by atoms with Gasteiger partial charge in [-0.25, -0.2) is 0 Å². The Morgan fingerprint density at radius 1 is 1.04 bits per heavy atom. The smallest absolute Gasteiger partial charge is 0.0462 e. The van der Waals surface area contributed by atoms with Crippen molar-refractivity contribution in [2.75, 3.05) is 33.4 Å². The summed E-state index contributed by atoms with van der Waals surface area (Å²) in [6.45, 7) is 6.06. The molecule has 0 aliphatic carbocycles. The summed E-state index contributed by atoms with van der Waals surface area (Å²) in [6, 6.07) is 12.8. The van der Waals surface area contributed by atoms with Gasteiger partial charge in [-0.3, -0.25) is 9.80 Å². The first kappa shape index (κ1) is 18.5. The summed E-state index contributed by atoms with van der Waals surface area (Å²) in [5, 5.41) is 0. The van der Waals surface area contributed by atoms with Crippen molar-refractivity contribution >= 4 is 0 Å². The Bertz CT molecular complexity index is 546. The topological polar surface area (TPSA) is 15.7 Å². The lowest BCUT2D eigenvalue weighted by molar-refractivity contribution is -0.0813. The van der Waals surface area contributed by atoms with Crippen LogP contribution in [0.2, 0.25) is 0 Å². The van der Waals surface area contributed by atoms with E-state index >= 15 is 0 Å². The van der Waals surface area contributed by atoms with E-state index in [1.165, 1.54) is 70.1 Å². The number of hydrogen-bond acceptors (Lipinski definition) is 3. The Morgan fingerprint density at radius 2 is 1.85 bits per heavy atom. The van der Waals surface area contributed by atoms with Crippen molar-refractivity contribution in [3.8, 4) is 0 Å². The molecule has 0 saturated carbocycles. The van der Waals surface area contributed by atoms with Gasteiger partial charge in [-0.1, -0.05) is 30.3 Å². The van der Waals surface area contributed by atoms with E-state index in [0.717, 1.165) is 37.1 Å². The predicted octanol–water partition coefficient (Wildman–Crippen LogP) is 4.18. The normalized spacial score (nSPS) is 32.3. The number of unbranched alkanes of at least 4 members (excludes halogenated alkanes) is 1. The van der Waals surface area contributed by atoms with E-state index in [1.807, 2.05) is 7.11 Å². The Labute approximate surface area is 159 Å². The molecule has 0 radical (unpaired) electrons. The number of nitrogens with zero attached hydrogens (tertiary/aromatic N) is 2. The number of ether oxygens (including phenoxy) is 1. The second-order valence-electron chi connectivity index (χ2n) is 8.71. The molecule has 26 heavy (non-hydrogen) atoms. The standard InChI is InChI=1S/C23H36N2O/c1-26-16-6-5-13-22-21-12-8-15-24-14-7-11-20(23(21)24)18-25(22)17-19-9-3-2-4-10-19/h2-4,9-10,20-23H,5-8,11-18H2,1H3/t20-,21-,22-,23+/m1/s1. The van der Waals surface area contributed by atoms with Crippen LogP contribution in [0.4, 0.5) is 0 Å². The van der Waals surface area contributed by atoms with Gasteiger partial charge in [0, 0.05) is 38.9 Å². The van der Waals surface area contributed by atoms with E-state index < -0.39 is 0 Å². The van der Waals surface area contributed by atoms with Crippen molar-refractivity contribution in [1.29, 1.82) is 0 Å². The van der Waals surface area contributed by atoms with Crippen LogP contribution in [-0.2, 0) is 11.3 Å². The van der Waals surface area contributed by atoms with Crippen LogP contribution in [0.1, 0.15) is 50.5 Å². The molecule has 3 aliphatic heterocycles. The molecule has 4 rings (SSSR count). The van der Waals surface area contributed by atoms with E-state index in [9.17, 15) is 0 Å². The minimum absolute atomic E-state index is 0.759. The van der Waals surface area contributed by atoms with Crippen LogP contribution in [-0.4, -0.2) is 55.2 Å². The monoisotopic (exact) mass is 356 g/mol. The lowest BCUT2D eigenvalue weighted by Crippen LogP contribution is -2.64. The average molecular weight is 357 g/mol. The highest BCUT2D eigenvalue weighted by atomic mass is 16.5. The van der Waals surface area contributed by atoms with E-state index in [1.54, 1.807) is 0 Å². The van der Waals surface area contributed by atoms with Crippen molar-refractivity contribution in [3.63, 3.8) is 0 Å². The van der Waals surface area contributed by atoms with Crippen LogP contribution in [0.15, 0.2) is 30.3 Å². The van der Waals surface area contributed by atoms with Gasteiger partial charge in [0.2, 0.25) is 0 Å². The maximum absolute atomic E-state index is 5.30. The zero-order valence-corrected chi connectivity index (χ0v) is 16.5. The Morgan fingerprint density at radius 3 is 2.65 bits per heavy atom. The van der Waals surface area contributed by atoms with Gasteiger partial charge in [-0.15, -0.1) is 0 Å². The summed E-state index contributed by atoms with van der Waals surface area (Å²) in [7, 11) is 1.83. The summed E-state index contributed by atoms with van der Waals surface area (Å²) < 4.78 is 5.30. The zero-order chi connectivity index (χ0) is 17.8. The average Bonchev–Trinajstić information content (AvgIpc) is 2.68.